The Morgan fingerprint density at radius 1 is 1.21 bits per heavy atom. The molecule has 2 aromatic carbocycles. The SMILES string of the molecule is C[C@H](c1ccon1)N(C)C(=O)c1ccc2nc(Cc3cccc(Cl)c3)oc2c1. The van der Waals surface area contributed by atoms with Gasteiger partial charge in [0.15, 0.2) is 11.5 Å². The van der Waals surface area contributed by atoms with Crippen LogP contribution < -0.4 is 0 Å². The summed E-state index contributed by atoms with van der Waals surface area (Å²) in [5.74, 6) is 0.441. The van der Waals surface area contributed by atoms with E-state index in [1.807, 2.05) is 31.2 Å². The molecule has 0 N–H and O–H groups in total. The lowest BCUT2D eigenvalue weighted by atomic mass is 10.1. The summed E-state index contributed by atoms with van der Waals surface area (Å²) >= 11 is 6.03. The zero-order valence-electron chi connectivity index (χ0n) is 15.4. The van der Waals surface area contributed by atoms with Crippen LogP contribution >= 0.6 is 11.6 Å². The van der Waals surface area contributed by atoms with E-state index >= 15 is 0 Å². The fourth-order valence-corrected chi connectivity index (χ4v) is 3.23. The van der Waals surface area contributed by atoms with Crippen LogP contribution in [0.2, 0.25) is 5.02 Å². The zero-order valence-corrected chi connectivity index (χ0v) is 16.2. The molecule has 7 heteroatoms. The van der Waals surface area contributed by atoms with Crippen molar-refractivity contribution in [2.24, 2.45) is 0 Å². The second kappa shape index (κ2) is 7.48. The van der Waals surface area contributed by atoms with Gasteiger partial charge in [-0.05, 0) is 42.8 Å². The molecule has 0 aliphatic heterocycles. The maximum atomic E-state index is 12.9. The summed E-state index contributed by atoms with van der Waals surface area (Å²) in [6, 6.07) is 14.4. The standard InChI is InChI=1S/C21H18ClN3O3/c1-13(17-8-9-27-24-17)25(2)21(26)15-6-7-18-19(12-15)28-20(23-18)11-14-4-3-5-16(22)10-14/h3-10,12-13H,11H2,1-2H3/t13-/m1/s1. The van der Waals surface area contributed by atoms with E-state index in [1.54, 1.807) is 36.2 Å². The van der Waals surface area contributed by atoms with E-state index in [-0.39, 0.29) is 11.9 Å². The minimum absolute atomic E-state index is 0.134. The summed E-state index contributed by atoms with van der Waals surface area (Å²) in [5, 5.41) is 4.58. The molecule has 0 saturated carbocycles. The normalized spacial score (nSPS) is 12.2. The second-order valence-electron chi connectivity index (χ2n) is 6.61. The summed E-state index contributed by atoms with van der Waals surface area (Å²) in [5.41, 5.74) is 3.51. The van der Waals surface area contributed by atoms with Crippen molar-refractivity contribution in [3.63, 3.8) is 0 Å². The number of halogens is 1. The molecule has 0 aliphatic carbocycles. The monoisotopic (exact) mass is 395 g/mol. The number of benzene rings is 2. The number of amides is 1. The highest BCUT2D eigenvalue weighted by Crippen LogP contribution is 2.23. The van der Waals surface area contributed by atoms with Crippen molar-refractivity contribution in [3.05, 3.63) is 82.5 Å². The number of carbonyl (C=O) groups excluding carboxylic acids is 1. The third-order valence-corrected chi connectivity index (χ3v) is 4.95. The lowest BCUT2D eigenvalue weighted by molar-refractivity contribution is 0.0737. The Bertz CT molecular complexity index is 1120. The number of aromatic nitrogens is 2. The van der Waals surface area contributed by atoms with Gasteiger partial charge >= 0.3 is 0 Å². The minimum Gasteiger partial charge on any atom is -0.440 e. The quantitative estimate of drug-likeness (QED) is 0.481. The van der Waals surface area contributed by atoms with E-state index in [2.05, 4.69) is 10.1 Å². The van der Waals surface area contributed by atoms with Gasteiger partial charge in [0.05, 0.1) is 6.04 Å². The molecule has 142 valence electrons. The van der Waals surface area contributed by atoms with Crippen LogP contribution in [0.5, 0.6) is 0 Å². The molecule has 4 aromatic rings. The first-order valence-electron chi connectivity index (χ1n) is 8.82. The van der Waals surface area contributed by atoms with E-state index in [0.29, 0.717) is 39.7 Å². The van der Waals surface area contributed by atoms with Gasteiger partial charge < -0.3 is 13.8 Å². The van der Waals surface area contributed by atoms with E-state index in [9.17, 15) is 4.79 Å². The van der Waals surface area contributed by atoms with Crippen LogP contribution in [-0.2, 0) is 6.42 Å². The molecule has 0 radical (unpaired) electrons. The van der Waals surface area contributed by atoms with Gasteiger partial charge in [0.1, 0.15) is 17.5 Å². The summed E-state index contributed by atoms with van der Waals surface area (Å²) in [6.45, 7) is 1.89. The largest absolute Gasteiger partial charge is 0.440 e. The van der Waals surface area contributed by atoms with E-state index in [0.717, 1.165) is 5.56 Å². The Morgan fingerprint density at radius 3 is 2.82 bits per heavy atom. The van der Waals surface area contributed by atoms with E-state index < -0.39 is 0 Å². The van der Waals surface area contributed by atoms with Gasteiger partial charge in [-0.3, -0.25) is 4.79 Å². The van der Waals surface area contributed by atoms with Crippen LogP contribution in [-0.4, -0.2) is 28.0 Å². The molecule has 1 amide bonds. The molecule has 0 spiro atoms. The van der Waals surface area contributed by atoms with Gasteiger partial charge in [0, 0.05) is 30.1 Å². The third-order valence-electron chi connectivity index (χ3n) is 4.71. The van der Waals surface area contributed by atoms with Crippen LogP contribution in [0.1, 0.15) is 40.5 Å². The van der Waals surface area contributed by atoms with Gasteiger partial charge in [0.25, 0.3) is 5.91 Å². The van der Waals surface area contributed by atoms with Crippen molar-refractivity contribution < 1.29 is 13.7 Å². The molecular weight excluding hydrogens is 378 g/mol. The van der Waals surface area contributed by atoms with Crippen LogP contribution in [0, 0.1) is 0 Å². The summed E-state index contributed by atoms with van der Waals surface area (Å²) in [4.78, 5) is 19.0. The Kier molecular flexibility index (Phi) is 4.88. The number of fused-ring (bicyclic) bond motifs is 1. The Labute approximate surface area is 166 Å². The maximum Gasteiger partial charge on any atom is 0.254 e. The molecule has 0 unspecified atom stereocenters. The molecule has 2 aromatic heterocycles. The predicted molar refractivity (Wildman–Crippen MR) is 105 cm³/mol. The predicted octanol–water partition coefficient (Wildman–Crippen LogP) is 4.89. The molecule has 0 aliphatic rings. The molecule has 6 nitrogen and oxygen atoms in total. The number of hydrogen-bond donors (Lipinski definition) is 0. The molecule has 0 fully saturated rings. The van der Waals surface area contributed by atoms with Gasteiger partial charge in [-0.2, -0.15) is 0 Å². The maximum absolute atomic E-state index is 12.9. The lowest BCUT2D eigenvalue weighted by Crippen LogP contribution is -2.29. The first kappa shape index (κ1) is 18.3. The first-order chi connectivity index (χ1) is 13.5. The molecular formula is C21H18ClN3O3. The van der Waals surface area contributed by atoms with Crippen molar-refractivity contribution in [1.82, 2.24) is 15.0 Å². The first-order valence-corrected chi connectivity index (χ1v) is 9.20. The van der Waals surface area contributed by atoms with Crippen molar-refractivity contribution in [2.75, 3.05) is 7.05 Å². The minimum atomic E-state index is -0.213. The number of rotatable bonds is 5. The average Bonchev–Trinajstić information content (AvgIpc) is 3.35. The Hall–Kier alpha value is -3.12. The molecule has 4 rings (SSSR count). The van der Waals surface area contributed by atoms with Gasteiger partial charge in [0.2, 0.25) is 0 Å². The number of nitrogens with zero attached hydrogens (tertiary/aromatic N) is 3. The molecule has 2 heterocycles. The van der Waals surface area contributed by atoms with Crippen molar-refractivity contribution in [3.8, 4) is 0 Å². The lowest BCUT2D eigenvalue weighted by Gasteiger charge is -2.23. The average molecular weight is 396 g/mol. The summed E-state index contributed by atoms with van der Waals surface area (Å²) in [7, 11) is 1.73. The van der Waals surface area contributed by atoms with Crippen molar-refractivity contribution >= 4 is 28.6 Å². The smallest absolute Gasteiger partial charge is 0.254 e. The van der Waals surface area contributed by atoms with E-state index in [4.69, 9.17) is 20.5 Å². The Balaban J connectivity index is 1.56. The van der Waals surface area contributed by atoms with Crippen molar-refractivity contribution in [1.29, 1.82) is 0 Å². The third kappa shape index (κ3) is 3.64. The molecule has 0 bridgehead atoms. The van der Waals surface area contributed by atoms with Crippen LogP contribution in [0.25, 0.3) is 11.1 Å². The topological polar surface area (TPSA) is 72.4 Å². The van der Waals surface area contributed by atoms with E-state index in [1.165, 1.54) is 6.26 Å². The highest BCUT2D eigenvalue weighted by molar-refractivity contribution is 6.30. The zero-order chi connectivity index (χ0) is 19.7. The molecule has 1 atom stereocenters. The number of hydrogen-bond acceptors (Lipinski definition) is 5. The van der Waals surface area contributed by atoms with Crippen LogP contribution in [0.3, 0.4) is 0 Å². The fourth-order valence-electron chi connectivity index (χ4n) is 3.02. The fraction of sp³-hybridized carbons (Fsp3) is 0.190. The van der Waals surface area contributed by atoms with Crippen LogP contribution in [0.15, 0.2) is 63.7 Å². The summed E-state index contributed by atoms with van der Waals surface area (Å²) in [6.07, 6.45) is 2.02. The van der Waals surface area contributed by atoms with Gasteiger partial charge in [-0.15, -0.1) is 0 Å². The Morgan fingerprint density at radius 2 is 2.07 bits per heavy atom. The summed E-state index contributed by atoms with van der Waals surface area (Å²) < 4.78 is 10.7. The van der Waals surface area contributed by atoms with Crippen molar-refractivity contribution in [2.45, 2.75) is 19.4 Å². The number of oxazole rings is 1. The molecule has 0 saturated heterocycles. The highest BCUT2D eigenvalue weighted by atomic mass is 35.5. The molecule has 28 heavy (non-hydrogen) atoms. The van der Waals surface area contributed by atoms with Crippen LogP contribution in [0.4, 0.5) is 0 Å². The second-order valence-corrected chi connectivity index (χ2v) is 7.05. The highest BCUT2D eigenvalue weighted by Gasteiger charge is 2.21. The van der Waals surface area contributed by atoms with Gasteiger partial charge in [-0.25, -0.2) is 4.98 Å². The number of carbonyl (C=O) groups is 1. The van der Waals surface area contributed by atoms with Gasteiger partial charge in [-0.1, -0.05) is 28.9 Å².